The van der Waals surface area contributed by atoms with E-state index in [2.05, 4.69) is 245 Å². The monoisotopic (exact) mass is 1670 g/mol. The smallest absolute Gasteiger partial charge is 0.161 e. The van der Waals surface area contributed by atoms with Crippen molar-refractivity contribution >= 4 is 44.0 Å². The van der Waals surface area contributed by atoms with E-state index in [4.69, 9.17) is 9.47 Å². The molecule has 8 heterocycles. The van der Waals surface area contributed by atoms with Gasteiger partial charge in [-0.3, -0.25) is 33.7 Å². The van der Waals surface area contributed by atoms with Crippen LogP contribution in [0.1, 0.15) is 310 Å². The number of aryl methyl sites for hydroxylation is 2. The van der Waals surface area contributed by atoms with Crippen molar-refractivity contribution in [3.05, 3.63) is 249 Å². The average Bonchev–Trinajstić information content (AvgIpc) is 1.70. The van der Waals surface area contributed by atoms with Crippen molar-refractivity contribution in [1.29, 1.82) is 0 Å². The number of fused-ring (bicyclic) bond motifs is 4. The average molecular weight is 1670 g/mol. The highest BCUT2D eigenvalue weighted by atomic mass is 32.1. The highest BCUT2D eigenvalue weighted by Gasteiger charge is 2.08. The molecular weight excluding hydrogens is 1480 g/mol. The van der Waals surface area contributed by atoms with E-state index < -0.39 is 0 Å². The maximum atomic E-state index is 5.30. The molecular formula is C105H189N11O2S. The second kappa shape index (κ2) is 111. The van der Waals surface area contributed by atoms with E-state index >= 15 is 0 Å². The third-order valence-electron chi connectivity index (χ3n) is 9.88. The van der Waals surface area contributed by atoms with Gasteiger partial charge in [-0.25, -0.2) is 0 Å². The van der Waals surface area contributed by atoms with E-state index in [0.29, 0.717) is 25.3 Å². The molecule has 0 unspecified atom stereocenters. The highest BCUT2D eigenvalue weighted by Crippen LogP contribution is 2.28. The van der Waals surface area contributed by atoms with Gasteiger partial charge >= 0.3 is 0 Å². The molecule has 1 aliphatic rings. The molecule has 682 valence electrons. The second-order valence-electron chi connectivity index (χ2n) is 28.1. The number of aromatic nitrogens is 11. The summed E-state index contributed by atoms with van der Waals surface area (Å²) in [7, 11) is 3.84. The van der Waals surface area contributed by atoms with Gasteiger partial charge in [0.15, 0.2) is 11.5 Å². The molecule has 7 aromatic heterocycles. The molecule has 0 N–H and O–H groups in total. The van der Waals surface area contributed by atoms with Crippen LogP contribution >= 0.6 is 11.3 Å². The van der Waals surface area contributed by atoms with Crippen molar-refractivity contribution < 1.29 is 9.47 Å². The molecule has 0 fully saturated rings. The van der Waals surface area contributed by atoms with Gasteiger partial charge < -0.3 is 9.47 Å². The molecule has 0 aliphatic carbocycles. The molecule has 0 atom stereocenters. The highest BCUT2D eigenvalue weighted by molar-refractivity contribution is 7.07. The summed E-state index contributed by atoms with van der Waals surface area (Å²) in [6.45, 7) is 91.3. The molecule has 0 bridgehead atoms. The Morgan fingerprint density at radius 1 is 0.294 bits per heavy atom. The van der Waals surface area contributed by atoms with Crippen LogP contribution in [0.3, 0.4) is 0 Å². The topological polar surface area (TPSA) is 128 Å². The summed E-state index contributed by atoms with van der Waals surface area (Å²) in [4.78, 5) is 11.7. The predicted molar refractivity (Wildman–Crippen MR) is 544 cm³/mol. The van der Waals surface area contributed by atoms with Crippen molar-refractivity contribution in [3.8, 4) is 11.5 Å². The van der Waals surface area contributed by atoms with Crippen molar-refractivity contribution in [2.45, 2.75) is 310 Å². The lowest BCUT2D eigenvalue weighted by molar-refractivity contribution is 0.171. The first-order chi connectivity index (χ1) is 56.9. The van der Waals surface area contributed by atoms with Crippen LogP contribution in [0.15, 0.2) is 249 Å². The maximum absolute atomic E-state index is 5.30. The SMILES string of the molecule is CC.CC.CC.CC.CC.CC.CC.CC.CC.CC(C)C.CC(C)C.CC(C)C.CC(C)C.CC(C)C.CC(C)C.CC(C)C.CC(C)n1cccn1.CC(C)n1ncc2ccccc21.Cn1cccn1.Cn1ncc2ccccc21.c1ccc2c(c1)OCCO2.c1ccc2ncccc2c1.c1ccccc1.c1ccncc1.c1cscn1. The maximum Gasteiger partial charge on any atom is 0.161 e. The summed E-state index contributed by atoms with van der Waals surface area (Å²) >= 11 is 1.60. The quantitative estimate of drug-likeness (QED) is 0.166. The molecule has 0 spiro atoms. The van der Waals surface area contributed by atoms with Crippen LogP contribution in [-0.4, -0.2) is 67.3 Å². The number of para-hydroxylation sites is 5. The Balaban J connectivity index is -0.000000103. The third kappa shape index (κ3) is 111. The van der Waals surface area contributed by atoms with Crippen molar-refractivity contribution in [1.82, 2.24) is 54.1 Å². The zero-order valence-corrected chi connectivity index (χ0v) is 86.2. The van der Waals surface area contributed by atoms with Crippen molar-refractivity contribution in [2.24, 2.45) is 55.5 Å². The molecule has 0 saturated carbocycles. The first kappa shape index (κ1) is 136. The molecule has 0 radical (unpaired) electrons. The third-order valence-corrected chi connectivity index (χ3v) is 10.4. The van der Waals surface area contributed by atoms with Crippen LogP contribution in [0.25, 0.3) is 32.7 Å². The Bertz CT molecular complexity index is 3290. The number of ether oxygens (including phenoxy) is 2. The standard InChI is InChI=1S/C10H12N2.C9H7N.C8H8N2.C8H8O2.C6H10N2.C6H6.C5H5N.C4H6N2.7C4H10.C3H3NS.9C2H6/c1-8(2)12-10-6-4-3-5-9(10)7-11-12;1-2-6-9-8(4-1)5-3-7-10-9;1-10-8-5-3-2-4-7(8)6-9-10;1-2-4-8-7(3-1)9-5-6-10-8;1-6(2)8-5-3-4-7-8;2*1-2-4-6-5-3-1;1-6-4-2-3-5-6;7*1-4(2)3;1-2-5-3-4-1;9*1-2/h3-8H,1-2H3;1-7H;2-6H,1H3;1-4H,5-6H2;3-6H,1-2H3;1-6H;1-5H;2-4H,1H3;7*4H,1-3H3;1-3H;9*1-2H3. The van der Waals surface area contributed by atoms with Crippen LogP contribution in [-0.2, 0) is 14.1 Å². The summed E-state index contributed by atoms with van der Waals surface area (Å²) in [6, 6.07) is 58.7. The van der Waals surface area contributed by atoms with E-state index in [1.54, 1.807) is 52.5 Å². The lowest BCUT2D eigenvalue weighted by atomic mass is 10.2. The van der Waals surface area contributed by atoms with Crippen LogP contribution < -0.4 is 9.47 Å². The molecule has 119 heavy (non-hydrogen) atoms. The lowest BCUT2D eigenvalue weighted by Gasteiger charge is -2.17. The lowest BCUT2D eigenvalue weighted by Crippen LogP contribution is -2.14. The van der Waals surface area contributed by atoms with Crippen LogP contribution in [0.2, 0.25) is 0 Å². The van der Waals surface area contributed by atoms with Crippen molar-refractivity contribution in [2.75, 3.05) is 13.2 Å². The summed E-state index contributed by atoms with van der Waals surface area (Å²) in [5, 5.41) is 21.8. The molecule has 1 aliphatic heterocycles. The van der Waals surface area contributed by atoms with Gasteiger partial charge in [-0.15, -0.1) is 11.3 Å². The van der Waals surface area contributed by atoms with E-state index in [0.717, 1.165) is 58.4 Å². The fourth-order valence-corrected chi connectivity index (χ4v) is 6.67. The number of hydrogen-bond acceptors (Lipinski definition) is 10. The van der Waals surface area contributed by atoms with E-state index in [9.17, 15) is 0 Å². The van der Waals surface area contributed by atoms with Gasteiger partial charge in [0, 0.05) is 97.3 Å². The summed E-state index contributed by atoms with van der Waals surface area (Å²) in [6.07, 6.45) is 18.3. The molecule has 13 nitrogen and oxygen atoms in total. The van der Waals surface area contributed by atoms with Crippen LogP contribution in [0.4, 0.5) is 0 Å². The Hall–Kier alpha value is -8.75. The molecule has 13 rings (SSSR count). The molecule has 0 amide bonds. The minimum absolute atomic E-state index is 0.435. The Kier molecular flexibility index (Phi) is 127. The number of pyridine rings is 2. The Labute approximate surface area is 741 Å². The normalized spacial score (nSPS) is 8.96. The summed E-state index contributed by atoms with van der Waals surface area (Å²) < 4.78 is 18.2. The Morgan fingerprint density at radius 3 is 0.908 bits per heavy atom. The number of hydrogen-bond donors (Lipinski definition) is 0. The van der Waals surface area contributed by atoms with Gasteiger partial charge in [-0.05, 0) is 130 Å². The van der Waals surface area contributed by atoms with Gasteiger partial charge in [-0.2, -0.15) is 20.4 Å². The first-order valence-corrected chi connectivity index (χ1v) is 45.9. The van der Waals surface area contributed by atoms with Crippen LogP contribution in [0.5, 0.6) is 11.5 Å². The van der Waals surface area contributed by atoms with E-state index in [1.165, 1.54) is 27.2 Å². The zero-order valence-electron chi connectivity index (χ0n) is 85.4. The molecule has 14 heteroatoms. The van der Waals surface area contributed by atoms with Gasteiger partial charge in [0.05, 0.1) is 34.5 Å². The van der Waals surface area contributed by atoms with Crippen LogP contribution in [0, 0.1) is 41.4 Å². The largest absolute Gasteiger partial charge is 0.486 e. The van der Waals surface area contributed by atoms with Gasteiger partial charge in [-0.1, -0.05) is 385 Å². The number of benzene rings is 5. The number of rotatable bonds is 2. The number of thiazole rings is 1. The summed E-state index contributed by atoms with van der Waals surface area (Å²) in [5.41, 5.74) is 5.25. The first-order valence-electron chi connectivity index (χ1n) is 45.0. The second-order valence-corrected chi connectivity index (χ2v) is 28.9. The molecule has 0 saturated heterocycles. The van der Waals surface area contributed by atoms with E-state index in [1.807, 2.05) is 329 Å². The molecule has 5 aromatic carbocycles. The van der Waals surface area contributed by atoms with Gasteiger partial charge in [0.25, 0.3) is 0 Å². The zero-order chi connectivity index (χ0) is 94.6. The van der Waals surface area contributed by atoms with Crippen molar-refractivity contribution in [3.63, 3.8) is 0 Å². The fraction of sp³-hybridized carbons (Fsp3) is 0.533. The molecule has 12 aromatic rings. The van der Waals surface area contributed by atoms with Gasteiger partial charge in [0.1, 0.15) is 13.2 Å². The fourth-order valence-electron chi connectivity index (χ4n) is 6.32. The van der Waals surface area contributed by atoms with E-state index in [-0.39, 0.29) is 0 Å². The minimum Gasteiger partial charge on any atom is -0.486 e. The minimum atomic E-state index is 0.435. The predicted octanol–water partition coefficient (Wildman–Crippen LogP) is 34.6. The summed E-state index contributed by atoms with van der Waals surface area (Å²) in [5.74, 6) is 7.54. The Morgan fingerprint density at radius 2 is 0.630 bits per heavy atom. The number of nitrogens with zero attached hydrogens (tertiary/aromatic N) is 11. The van der Waals surface area contributed by atoms with Gasteiger partial charge in [0.2, 0.25) is 0 Å².